The van der Waals surface area contributed by atoms with Crippen LogP contribution in [0.2, 0.25) is 0 Å². The number of nitrogens with zero attached hydrogens (tertiary/aromatic N) is 2. The summed E-state index contributed by atoms with van der Waals surface area (Å²) in [6, 6.07) is 20.5. The fraction of sp³-hybridized carbons (Fsp3) is 0.192. The fourth-order valence-electron chi connectivity index (χ4n) is 4.62. The molecule has 3 aromatic carbocycles. The summed E-state index contributed by atoms with van der Waals surface area (Å²) in [4.78, 5) is 15.6. The van der Waals surface area contributed by atoms with Gasteiger partial charge in [0.25, 0.3) is 5.91 Å². The van der Waals surface area contributed by atoms with Gasteiger partial charge in [0.2, 0.25) is 0 Å². The van der Waals surface area contributed by atoms with Crippen molar-refractivity contribution in [2.75, 3.05) is 18.6 Å². The van der Waals surface area contributed by atoms with Crippen LogP contribution in [0.3, 0.4) is 0 Å². The van der Waals surface area contributed by atoms with Crippen molar-refractivity contribution in [1.82, 2.24) is 4.57 Å². The number of aromatic nitrogens is 1. The molecule has 32 heavy (non-hydrogen) atoms. The van der Waals surface area contributed by atoms with Crippen LogP contribution in [-0.2, 0) is 7.05 Å². The van der Waals surface area contributed by atoms with Crippen LogP contribution in [0.25, 0.3) is 10.9 Å². The van der Waals surface area contributed by atoms with E-state index in [4.69, 9.17) is 9.47 Å². The van der Waals surface area contributed by atoms with E-state index in [1.54, 1.807) is 18.1 Å². The monoisotopic (exact) mass is 428 g/mol. The smallest absolute Gasteiger partial charge is 0.276 e. The van der Waals surface area contributed by atoms with Crippen molar-refractivity contribution < 1.29 is 19.4 Å². The van der Waals surface area contributed by atoms with Crippen molar-refractivity contribution in [1.29, 1.82) is 0 Å². The molecule has 0 aliphatic carbocycles. The first kappa shape index (κ1) is 20.0. The molecule has 1 amide bonds. The lowest BCUT2D eigenvalue weighted by molar-refractivity contribution is 0.0986. The van der Waals surface area contributed by atoms with E-state index in [0.29, 0.717) is 18.1 Å². The Kier molecular flexibility index (Phi) is 4.78. The van der Waals surface area contributed by atoms with Crippen LogP contribution in [0.15, 0.2) is 66.7 Å². The van der Waals surface area contributed by atoms with E-state index in [2.05, 4.69) is 6.07 Å². The van der Waals surface area contributed by atoms with Gasteiger partial charge in [-0.15, -0.1) is 0 Å². The second-order valence-corrected chi connectivity index (χ2v) is 7.77. The lowest BCUT2D eigenvalue weighted by Crippen LogP contribution is -2.29. The summed E-state index contributed by atoms with van der Waals surface area (Å²) in [5, 5.41) is 11.3. The number of phenols is 1. The third-order valence-corrected chi connectivity index (χ3v) is 6.05. The number of methoxy groups -OCH3 is 1. The molecule has 0 unspecified atom stereocenters. The zero-order valence-electron chi connectivity index (χ0n) is 18.2. The van der Waals surface area contributed by atoms with E-state index in [-0.39, 0.29) is 17.7 Å². The highest BCUT2D eigenvalue weighted by molar-refractivity contribution is 6.15. The number of aromatic hydroxyl groups is 1. The molecule has 1 aromatic heterocycles. The third-order valence-electron chi connectivity index (χ3n) is 6.05. The van der Waals surface area contributed by atoms with Crippen LogP contribution in [0, 0.1) is 0 Å². The van der Waals surface area contributed by atoms with Gasteiger partial charge < -0.3 is 19.1 Å². The van der Waals surface area contributed by atoms with E-state index < -0.39 is 0 Å². The van der Waals surface area contributed by atoms with E-state index in [1.165, 1.54) is 0 Å². The highest BCUT2D eigenvalue weighted by atomic mass is 16.5. The number of fused-ring (bicyclic) bond motifs is 3. The number of rotatable bonds is 5. The molecule has 0 spiro atoms. The lowest BCUT2D eigenvalue weighted by Gasteiger charge is -2.27. The maximum Gasteiger partial charge on any atom is 0.276 e. The Labute approximate surface area is 186 Å². The Hall–Kier alpha value is -3.93. The van der Waals surface area contributed by atoms with Crippen molar-refractivity contribution in [2.45, 2.75) is 13.0 Å². The minimum atomic E-state index is -0.364. The molecule has 4 aromatic rings. The topological polar surface area (TPSA) is 63.9 Å². The van der Waals surface area contributed by atoms with Gasteiger partial charge in [-0.3, -0.25) is 9.69 Å². The summed E-state index contributed by atoms with van der Waals surface area (Å²) in [6.45, 7) is 2.31. The lowest BCUT2D eigenvalue weighted by atomic mass is 9.97. The Morgan fingerprint density at radius 3 is 2.50 bits per heavy atom. The number of phenolic OH excluding ortho intramolecular Hbond substituents is 1. The molecule has 0 saturated heterocycles. The number of hydrogen-bond acceptors (Lipinski definition) is 4. The van der Waals surface area contributed by atoms with Gasteiger partial charge >= 0.3 is 0 Å². The number of benzene rings is 3. The molecule has 0 radical (unpaired) electrons. The van der Waals surface area contributed by atoms with Crippen molar-refractivity contribution in [3.8, 4) is 17.2 Å². The minimum Gasteiger partial charge on any atom is -0.504 e. The Morgan fingerprint density at radius 1 is 1.03 bits per heavy atom. The maximum atomic E-state index is 13.8. The standard InChI is InChI=1S/C26H24N2O4/c1-4-32-22-15-16(9-14-21(22)29)24-23-19-7-5-6-8-20(19)27(2)25(23)26(30)28(24)17-10-12-18(31-3)13-11-17/h5-15,24,29H,4H2,1-3H3/t24-/m1/s1. The normalized spacial score (nSPS) is 15.3. The van der Waals surface area contributed by atoms with Crippen LogP contribution in [0.5, 0.6) is 17.2 Å². The summed E-state index contributed by atoms with van der Waals surface area (Å²) < 4.78 is 12.9. The van der Waals surface area contributed by atoms with E-state index >= 15 is 0 Å². The molecule has 0 saturated carbocycles. The third kappa shape index (κ3) is 2.91. The van der Waals surface area contributed by atoms with Gasteiger partial charge in [0.15, 0.2) is 11.5 Å². The van der Waals surface area contributed by atoms with Gasteiger partial charge in [0.05, 0.1) is 19.8 Å². The average molecular weight is 428 g/mol. The first-order valence-corrected chi connectivity index (χ1v) is 10.6. The van der Waals surface area contributed by atoms with Crippen LogP contribution in [0.1, 0.15) is 34.6 Å². The number of anilines is 1. The molecule has 1 atom stereocenters. The van der Waals surface area contributed by atoms with E-state index in [0.717, 1.165) is 33.5 Å². The summed E-state index contributed by atoms with van der Waals surface area (Å²) in [5.74, 6) is 1.14. The largest absolute Gasteiger partial charge is 0.504 e. The van der Waals surface area contributed by atoms with Gasteiger partial charge in [-0.25, -0.2) is 0 Å². The molecule has 2 heterocycles. The number of hydrogen-bond donors (Lipinski definition) is 1. The molecule has 0 bridgehead atoms. The number of amides is 1. The van der Waals surface area contributed by atoms with E-state index in [9.17, 15) is 9.90 Å². The van der Waals surface area contributed by atoms with Crippen molar-refractivity contribution in [3.63, 3.8) is 0 Å². The highest BCUT2D eigenvalue weighted by Crippen LogP contribution is 2.47. The van der Waals surface area contributed by atoms with Gasteiger partial charge in [0, 0.05) is 29.2 Å². The van der Waals surface area contributed by atoms with Crippen LogP contribution >= 0.6 is 0 Å². The van der Waals surface area contributed by atoms with Crippen molar-refractivity contribution >= 4 is 22.5 Å². The summed E-state index contributed by atoms with van der Waals surface area (Å²) >= 11 is 0. The SMILES string of the molecule is CCOc1cc([C@@H]2c3c(n(C)c4ccccc34)C(=O)N2c2ccc(OC)cc2)ccc1O. The molecule has 6 heteroatoms. The number of carbonyl (C=O) groups is 1. The molecular formula is C26H24N2O4. The van der Waals surface area contributed by atoms with Gasteiger partial charge in [-0.05, 0) is 55.0 Å². The molecule has 1 N–H and O–H groups in total. The zero-order chi connectivity index (χ0) is 22.4. The molecule has 0 fully saturated rings. The van der Waals surface area contributed by atoms with Crippen LogP contribution in [0.4, 0.5) is 5.69 Å². The quantitative estimate of drug-likeness (QED) is 0.484. The number of para-hydroxylation sites is 1. The first-order valence-electron chi connectivity index (χ1n) is 10.6. The minimum absolute atomic E-state index is 0.0695. The van der Waals surface area contributed by atoms with Gasteiger partial charge in [0.1, 0.15) is 11.4 Å². The van der Waals surface area contributed by atoms with Crippen molar-refractivity contribution in [2.24, 2.45) is 7.05 Å². The van der Waals surface area contributed by atoms with Gasteiger partial charge in [-0.2, -0.15) is 0 Å². The maximum absolute atomic E-state index is 13.8. The van der Waals surface area contributed by atoms with Crippen LogP contribution < -0.4 is 14.4 Å². The average Bonchev–Trinajstić information content (AvgIpc) is 3.28. The number of carbonyl (C=O) groups excluding carboxylic acids is 1. The number of ether oxygens (including phenoxy) is 2. The first-order chi connectivity index (χ1) is 15.5. The Morgan fingerprint density at radius 2 is 1.78 bits per heavy atom. The van der Waals surface area contributed by atoms with E-state index in [1.807, 2.05) is 73.1 Å². The van der Waals surface area contributed by atoms with Crippen molar-refractivity contribution in [3.05, 3.63) is 83.6 Å². The second-order valence-electron chi connectivity index (χ2n) is 7.77. The predicted molar refractivity (Wildman–Crippen MR) is 124 cm³/mol. The van der Waals surface area contributed by atoms with Gasteiger partial charge in [-0.1, -0.05) is 24.3 Å². The highest BCUT2D eigenvalue weighted by Gasteiger charge is 2.43. The Bertz CT molecular complexity index is 1320. The Balaban J connectivity index is 1.76. The zero-order valence-corrected chi connectivity index (χ0v) is 18.2. The fourth-order valence-corrected chi connectivity index (χ4v) is 4.62. The predicted octanol–water partition coefficient (Wildman–Crippen LogP) is 5.04. The molecule has 1 aliphatic rings. The summed E-state index contributed by atoms with van der Waals surface area (Å²) in [7, 11) is 3.54. The molecule has 5 rings (SSSR count). The molecule has 1 aliphatic heterocycles. The molecular weight excluding hydrogens is 404 g/mol. The summed E-state index contributed by atoms with van der Waals surface area (Å²) in [5.41, 5.74) is 4.27. The molecule has 162 valence electrons. The molecule has 6 nitrogen and oxygen atoms in total. The number of aryl methyl sites for hydroxylation is 1. The second kappa shape index (κ2) is 7.64. The summed E-state index contributed by atoms with van der Waals surface area (Å²) in [6.07, 6.45) is 0. The van der Waals surface area contributed by atoms with Crippen LogP contribution in [-0.4, -0.2) is 29.3 Å².